The van der Waals surface area contributed by atoms with Crippen molar-refractivity contribution in [1.29, 1.82) is 0 Å². The third-order valence-corrected chi connectivity index (χ3v) is 2.58. The molecule has 0 radical (unpaired) electrons. The normalized spacial score (nSPS) is 18.0. The molecule has 0 aliphatic carbocycles. The van der Waals surface area contributed by atoms with Crippen molar-refractivity contribution in [2.75, 3.05) is 19.6 Å². The molecule has 0 aromatic carbocycles. The van der Waals surface area contributed by atoms with E-state index in [1.807, 2.05) is 4.90 Å². The Morgan fingerprint density at radius 2 is 2.13 bits per heavy atom. The summed E-state index contributed by atoms with van der Waals surface area (Å²) >= 11 is 0. The molecule has 0 N–H and O–H groups in total. The quantitative estimate of drug-likeness (QED) is 0.697. The van der Waals surface area contributed by atoms with Crippen LogP contribution >= 0.6 is 0 Å². The van der Waals surface area contributed by atoms with Gasteiger partial charge in [0.25, 0.3) is 0 Å². The first-order valence-corrected chi connectivity index (χ1v) is 5.06. The number of carbonyl (C=O) groups is 2. The van der Waals surface area contributed by atoms with Crippen molar-refractivity contribution in [3.05, 3.63) is 24.2 Å². The van der Waals surface area contributed by atoms with Gasteiger partial charge in [-0.2, -0.15) is 0 Å². The van der Waals surface area contributed by atoms with E-state index in [1.54, 1.807) is 12.1 Å². The number of hydrogen-bond donors (Lipinski definition) is 0. The molecule has 1 fully saturated rings. The SMILES string of the molecule is O=C1CCN(CC(=O)c2ccco2)CC1. The third-order valence-electron chi connectivity index (χ3n) is 2.58. The molecule has 2 rings (SSSR count). The molecule has 2 heterocycles. The van der Waals surface area contributed by atoms with E-state index in [9.17, 15) is 9.59 Å². The molecule has 0 atom stereocenters. The maximum atomic E-state index is 11.6. The number of furan rings is 1. The zero-order valence-electron chi connectivity index (χ0n) is 8.44. The molecule has 1 aliphatic rings. The van der Waals surface area contributed by atoms with Crippen LogP contribution in [-0.4, -0.2) is 36.1 Å². The smallest absolute Gasteiger partial charge is 0.211 e. The van der Waals surface area contributed by atoms with Gasteiger partial charge in [-0.3, -0.25) is 14.5 Å². The van der Waals surface area contributed by atoms with Crippen molar-refractivity contribution in [3.8, 4) is 0 Å². The van der Waals surface area contributed by atoms with Gasteiger partial charge >= 0.3 is 0 Å². The predicted molar refractivity (Wildman–Crippen MR) is 53.7 cm³/mol. The fourth-order valence-corrected chi connectivity index (χ4v) is 1.68. The molecule has 0 spiro atoms. The fraction of sp³-hybridized carbons (Fsp3) is 0.455. The highest BCUT2D eigenvalue weighted by Gasteiger charge is 2.19. The Balaban J connectivity index is 1.87. The lowest BCUT2D eigenvalue weighted by Crippen LogP contribution is -2.37. The average molecular weight is 207 g/mol. The highest BCUT2D eigenvalue weighted by Crippen LogP contribution is 2.08. The molecular weight excluding hydrogens is 194 g/mol. The Labute approximate surface area is 87.9 Å². The van der Waals surface area contributed by atoms with Gasteiger partial charge in [0.05, 0.1) is 12.8 Å². The van der Waals surface area contributed by atoms with E-state index in [0.717, 1.165) is 0 Å². The highest BCUT2D eigenvalue weighted by atomic mass is 16.3. The van der Waals surface area contributed by atoms with Crippen molar-refractivity contribution in [3.63, 3.8) is 0 Å². The lowest BCUT2D eigenvalue weighted by molar-refractivity contribution is -0.121. The van der Waals surface area contributed by atoms with E-state index in [2.05, 4.69) is 0 Å². The van der Waals surface area contributed by atoms with Crippen LogP contribution in [0.4, 0.5) is 0 Å². The Morgan fingerprint density at radius 3 is 2.73 bits per heavy atom. The molecule has 80 valence electrons. The van der Waals surface area contributed by atoms with Crippen molar-refractivity contribution in [2.45, 2.75) is 12.8 Å². The summed E-state index contributed by atoms with van der Waals surface area (Å²) in [5.74, 6) is 0.665. The zero-order chi connectivity index (χ0) is 10.7. The summed E-state index contributed by atoms with van der Waals surface area (Å²) in [6.45, 7) is 1.72. The van der Waals surface area contributed by atoms with Gasteiger partial charge in [-0.05, 0) is 12.1 Å². The maximum Gasteiger partial charge on any atom is 0.211 e. The molecule has 0 unspecified atom stereocenters. The number of hydrogen-bond acceptors (Lipinski definition) is 4. The summed E-state index contributed by atoms with van der Waals surface area (Å²) in [5, 5.41) is 0. The predicted octanol–water partition coefficient (Wildman–Crippen LogP) is 1.13. The second-order valence-corrected chi connectivity index (χ2v) is 3.72. The zero-order valence-corrected chi connectivity index (χ0v) is 8.44. The largest absolute Gasteiger partial charge is 0.461 e. The van der Waals surface area contributed by atoms with E-state index < -0.39 is 0 Å². The highest BCUT2D eigenvalue weighted by molar-refractivity contribution is 5.95. The van der Waals surface area contributed by atoms with Gasteiger partial charge in [-0.15, -0.1) is 0 Å². The molecule has 1 aliphatic heterocycles. The minimum atomic E-state index is -0.0191. The summed E-state index contributed by atoms with van der Waals surface area (Å²) in [5.41, 5.74) is 0. The van der Waals surface area contributed by atoms with Gasteiger partial charge in [0.1, 0.15) is 5.78 Å². The summed E-state index contributed by atoms with van der Waals surface area (Å²) < 4.78 is 5.01. The first-order chi connectivity index (χ1) is 7.25. The Bertz CT molecular complexity index is 346. The Hall–Kier alpha value is -1.42. The van der Waals surface area contributed by atoms with Crippen LogP contribution in [0, 0.1) is 0 Å². The second-order valence-electron chi connectivity index (χ2n) is 3.72. The van der Waals surface area contributed by atoms with Crippen LogP contribution in [0.25, 0.3) is 0 Å². The number of piperidine rings is 1. The second kappa shape index (κ2) is 4.40. The van der Waals surface area contributed by atoms with E-state index in [-0.39, 0.29) is 11.6 Å². The van der Waals surface area contributed by atoms with Crippen LogP contribution in [0.5, 0.6) is 0 Å². The van der Waals surface area contributed by atoms with Gasteiger partial charge < -0.3 is 4.42 Å². The van der Waals surface area contributed by atoms with Crippen molar-refractivity contribution in [2.24, 2.45) is 0 Å². The summed E-state index contributed by atoms with van der Waals surface area (Å²) in [6.07, 6.45) is 2.61. The molecule has 0 bridgehead atoms. The van der Waals surface area contributed by atoms with Crippen LogP contribution in [-0.2, 0) is 4.79 Å². The van der Waals surface area contributed by atoms with Gasteiger partial charge in [-0.25, -0.2) is 0 Å². The van der Waals surface area contributed by atoms with Gasteiger partial charge in [0.2, 0.25) is 5.78 Å². The number of nitrogens with zero attached hydrogens (tertiary/aromatic N) is 1. The number of Topliss-reactive ketones (excluding diaryl/α,β-unsaturated/α-hetero) is 2. The van der Waals surface area contributed by atoms with Crippen molar-refractivity contribution < 1.29 is 14.0 Å². The molecule has 1 saturated heterocycles. The minimum Gasteiger partial charge on any atom is -0.461 e. The molecule has 0 amide bonds. The molecule has 4 heteroatoms. The lowest BCUT2D eigenvalue weighted by Gasteiger charge is -2.24. The maximum absolute atomic E-state index is 11.6. The van der Waals surface area contributed by atoms with Crippen molar-refractivity contribution >= 4 is 11.6 Å². The van der Waals surface area contributed by atoms with E-state index in [1.165, 1.54) is 6.26 Å². The van der Waals surface area contributed by atoms with Crippen molar-refractivity contribution in [1.82, 2.24) is 4.90 Å². The van der Waals surface area contributed by atoms with Crippen LogP contribution in [0.2, 0.25) is 0 Å². The topological polar surface area (TPSA) is 50.5 Å². The molecule has 1 aromatic rings. The first kappa shape index (κ1) is 10.1. The number of ketones is 2. The number of rotatable bonds is 3. The monoisotopic (exact) mass is 207 g/mol. The van der Waals surface area contributed by atoms with E-state index in [4.69, 9.17) is 4.42 Å². The minimum absolute atomic E-state index is 0.0191. The first-order valence-electron chi connectivity index (χ1n) is 5.06. The number of likely N-dealkylation sites (tertiary alicyclic amines) is 1. The molecule has 4 nitrogen and oxygen atoms in total. The van der Waals surface area contributed by atoms with E-state index in [0.29, 0.717) is 38.2 Å². The fourth-order valence-electron chi connectivity index (χ4n) is 1.68. The summed E-state index contributed by atoms with van der Waals surface area (Å²) in [7, 11) is 0. The standard InChI is InChI=1S/C11H13NO3/c13-9-3-5-12(6-4-9)8-10(14)11-2-1-7-15-11/h1-2,7H,3-6,8H2. The molecule has 0 saturated carbocycles. The van der Waals surface area contributed by atoms with Gasteiger partial charge in [0.15, 0.2) is 5.76 Å². The van der Waals surface area contributed by atoms with Crippen LogP contribution in [0.3, 0.4) is 0 Å². The Kier molecular flexibility index (Phi) is 2.97. The van der Waals surface area contributed by atoms with Crippen LogP contribution in [0.1, 0.15) is 23.4 Å². The third kappa shape index (κ3) is 2.53. The van der Waals surface area contributed by atoms with E-state index >= 15 is 0 Å². The number of carbonyl (C=O) groups excluding carboxylic acids is 2. The Morgan fingerprint density at radius 1 is 1.40 bits per heavy atom. The lowest BCUT2D eigenvalue weighted by atomic mass is 10.1. The molecular formula is C11H13NO3. The van der Waals surface area contributed by atoms with Gasteiger partial charge in [0, 0.05) is 25.9 Å². The molecule has 15 heavy (non-hydrogen) atoms. The average Bonchev–Trinajstić information content (AvgIpc) is 2.74. The van der Waals surface area contributed by atoms with Crippen LogP contribution < -0.4 is 0 Å². The summed E-state index contributed by atoms with van der Waals surface area (Å²) in [6, 6.07) is 3.37. The van der Waals surface area contributed by atoms with Gasteiger partial charge in [-0.1, -0.05) is 0 Å². The summed E-state index contributed by atoms with van der Waals surface area (Å²) in [4.78, 5) is 24.6. The van der Waals surface area contributed by atoms with Crippen LogP contribution in [0.15, 0.2) is 22.8 Å². The molecule has 1 aromatic heterocycles.